The van der Waals surface area contributed by atoms with Crippen LogP contribution in [0.2, 0.25) is 0 Å². The van der Waals surface area contributed by atoms with Gasteiger partial charge in [0, 0.05) is 5.56 Å². The molecule has 1 amide bonds. The zero-order valence-corrected chi connectivity index (χ0v) is 11.5. The molecule has 1 N–H and O–H groups in total. The van der Waals surface area contributed by atoms with E-state index in [0.717, 1.165) is 24.0 Å². The molecule has 112 valence electrons. The largest absolute Gasteiger partial charge is 0.419 e. The van der Waals surface area contributed by atoms with Gasteiger partial charge in [0.15, 0.2) is 5.17 Å². The number of nitrogens with zero attached hydrogens (tertiary/aromatic N) is 2. The van der Waals surface area contributed by atoms with Gasteiger partial charge >= 0.3 is 6.18 Å². The number of hydrogen-bond donors (Lipinski definition) is 1. The molecule has 0 bridgehead atoms. The number of aryl methyl sites for hydroxylation is 1. The molecule has 9 heteroatoms. The van der Waals surface area contributed by atoms with E-state index in [2.05, 4.69) is 15.5 Å². The zero-order chi connectivity index (χ0) is 15.6. The third kappa shape index (κ3) is 3.60. The van der Waals surface area contributed by atoms with E-state index in [0.29, 0.717) is 0 Å². The van der Waals surface area contributed by atoms with Crippen molar-refractivity contribution in [2.75, 3.05) is 5.75 Å². The zero-order valence-electron chi connectivity index (χ0n) is 10.7. The molecule has 0 spiro atoms. The van der Waals surface area contributed by atoms with Crippen LogP contribution in [0.25, 0.3) is 0 Å². The fraction of sp³-hybridized carbons (Fsp3) is 0.250. The van der Waals surface area contributed by atoms with Crippen molar-refractivity contribution < 1.29 is 22.4 Å². The van der Waals surface area contributed by atoms with Gasteiger partial charge < -0.3 is 5.32 Å². The van der Waals surface area contributed by atoms with Gasteiger partial charge in [0.2, 0.25) is 5.91 Å². The molecule has 1 aliphatic heterocycles. The van der Waals surface area contributed by atoms with Crippen molar-refractivity contribution >= 4 is 29.1 Å². The van der Waals surface area contributed by atoms with Crippen molar-refractivity contribution in [1.82, 2.24) is 5.32 Å². The smallest absolute Gasteiger partial charge is 0.303 e. The van der Waals surface area contributed by atoms with E-state index in [9.17, 15) is 22.4 Å². The monoisotopic (exact) mass is 319 g/mol. The van der Waals surface area contributed by atoms with E-state index in [4.69, 9.17) is 0 Å². The van der Waals surface area contributed by atoms with Gasteiger partial charge in [-0.05, 0) is 12.5 Å². The summed E-state index contributed by atoms with van der Waals surface area (Å²) in [6.45, 7) is 1.18. The van der Waals surface area contributed by atoms with Crippen LogP contribution in [0.4, 0.5) is 17.6 Å². The number of amidine groups is 1. The highest BCUT2D eigenvalue weighted by Crippen LogP contribution is 2.34. The predicted molar refractivity (Wildman–Crippen MR) is 71.8 cm³/mol. The number of rotatable bonds is 2. The standard InChI is InChI=1S/C12H9F4N3OS/c1-6-2-3-7(10(13)9(6)12(14,15)16)4-17-19-11-18-8(20)5-21-11/h2-4H,5H2,1H3,(H,18,19,20). The van der Waals surface area contributed by atoms with Gasteiger partial charge in [0.1, 0.15) is 5.82 Å². The second kappa shape index (κ2) is 5.84. The number of thioether (sulfide) groups is 1. The topological polar surface area (TPSA) is 53.8 Å². The summed E-state index contributed by atoms with van der Waals surface area (Å²) in [7, 11) is 0. The number of halogens is 4. The van der Waals surface area contributed by atoms with Gasteiger partial charge in [0.25, 0.3) is 0 Å². The van der Waals surface area contributed by atoms with E-state index in [1.807, 2.05) is 0 Å². The summed E-state index contributed by atoms with van der Waals surface area (Å²) in [6.07, 6.45) is -3.90. The number of carbonyl (C=O) groups is 1. The molecule has 1 fully saturated rings. The molecule has 1 heterocycles. The third-order valence-corrected chi connectivity index (χ3v) is 3.46. The van der Waals surface area contributed by atoms with E-state index in [1.165, 1.54) is 13.0 Å². The van der Waals surface area contributed by atoms with Crippen molar-refractivity contribution in [3.63, 3.8) is 0 Å². The lowest BCUT2D eigenvalue weighted by Gasteiger charge is -2.12. The Balaban J connectivity index is 2.27. The maximum absolute atomic E-state index is 13.9. The highest BCUT2D eigenvalue weighted by molar-refractivity contribution is 8.15. The lowest BCUT2D eigenvalue weighted by Crippen LogP contribution is -2.19. The molecule has 0 aromatic heterocycles. The minimum atomic E-state index is -4.78. The van der Waals surface area contributed by atoms with Gasteiger partial charge in [-0.2, -0.15) is 18.3 Å². The van der Waals surface area contributed by atoms with Crippen LogP contribution in [0.1, 0.15) is 16.7 Å². The molecule has 21 heavy (non-hydrogen) atoms. The molecule has 0 unspecified atom stereocenters. The van der Waals surface area contributed by atoms with Crippen molar-refractivity contribution in [1.29, 1.82) is 0 Å². The first-order valence-corrected chi connectivity index (χ1v) is 6.67. The fourth-order valence-corrected chi connectivity index (χ4v) is 2.29. The molecule has 0 aliphatic carbocycles. The Hall–Kier alpha value is -1.90. The van der Waals surface area contributed by atoms with Crippen molar-refractivity contribution in [2.45, 2.75) is 13.1 Å². The Kier molecular flexibility index (Phi) is 4.31. The van der Waals surface area contributed by atoms with Crippen LogP contribution >= 0.6 is 11.8 Å². The molecule has 0 radical (unpaired) electrons. The minimum absolute atomic E-state index is 0.200. The van der Waals surface area contributed by atoms with Gasteiger partial charge in [-0.1, -0.05) is 23.9 Å². The molecular weight excluding hydrogens is 310 g/mol. The molecular formula is C12H9F4N3OS. The number of nitrogens with one attached hydrogen (secondary N) is 1. The minimum Gasteiger partial charge on any atom is -0.303 e. The first kappa shape index (κ1) is 15.5. The van der Waals surface area contributed by atoms with E-state index < -0.39 is 17.6 Å². The lowest BCUT2D eigenvalue weighted by atomic mass is 10.0. The van der Waals surface area contributed by atoms with Crippen molar-refractivity contribution in [3.8, 4) is 0 Å². The summed E-state index contributed by atoms with van der Waals surface area (Å²) in [6, 6.07) is 2.34. The van der Waals surface area contributed by atoms with Gasteiger partial charge in [0.05, 0.1) is 17.5 Å². The fourth-order valence-electron chi connectivity index (χ4n) is 1.66. The Bertz CT molecular complexity index is 640. The highest BCUT2D eigenvalue weighted by atomic mass is 32.2. The van der Waals surface area contributed by atoms with E-state index in [1.54, 1.807) is 0 Å². The Morgan fingerprint density at radius 2 is 2.10 bits per heavy atom. The Morgan fingerprint density at radius 1 is 1.38 bits per heavy atom. The summed E-state index contributed by atoms with van der Waals surface area (Å²) in [5, 5.41) is 9.69. The second-order valence-electron chi connectivity index (χ2n) is 4.15. The SMILES string of the molecule is Cc1ccc(C=NN=C2NC(=O)CS2)c(F)c1C(F)(F)F. The molecule has 0 saturated carbocycles. The number of amides is 1. The maximum atomic E-state index is 13.9. The number of carbonyl (C=O) groups excluding carboxylic acids is 1. The molecule has 2 rings (SSSR count). The van der Waals surface area contributed by atoms with Crippen LogP contribution in [0.15, 0.2) is 22.3 Å². The van der Waals surface area contributed by atoms with Crippen molar-refractivity contribution in [2.24, 2.45) is 10.2 Å². The summed E-state index contributed by atoms with van der Waals surface area (Å²) in [5.74, 6) is -1.43. The van der Waals surface area contributed by atoms with Gasteiger partial charge in [-0.3, -0.25) is 4.79 Å². The third-order valence-electron chi connectivity index (χ3n) is 2.60. The number of alkyl halides is 3. The molecule has 1 saturated heterocycles. The van der Waals surface area contributed by atoms with Gasteiger partial charge in [-0.25, -0.2) is 4.39 Å². The van der Waals surface area contributed by atoms with Crippen LogP contribution in [0, 0.1) is 12.7 Å². The molecule has 1 aromatic carbocycles. The molecule has 0 atom stereocenters. The number of benzene rings is 1. The average Bonchev–Trinajstić information content (AvgIpc) is 2.76. The van der Waals surface area contributed by atoms with Crippen LogP contribution in [0.5, 0.6) is 0 Å². The van der Waals surface area contributed by atoms with Crippen LogP contribution in [-0.4, -0.2) is 23.0 Å². The maximum Gasteiger partial charge on any atom is 0.419 e. The summed E-state index contributed by atoms with van der Waals surface area (Å²) in [5.41, 5.74) is -1.85. The highest BCUT2D eigenvalue weighted by Gasteiger charge is 2.36. The van der Waals surface area contributed by atoms with Crippen molar-refractivity contribution in [3.05, 3.63) is 34.6 Å². The van der Waals surface area contributed by atoms with Crippen LogP contribution < -0.4 is 5.32 Å². The van der Waals surface area contributed by atoms with E-state index >= 15 is 0 Å². The average molecular weight is 319 g/mol. The Labute approximate surface area is 121 Å². The first-order chi connectivity index (χ1) is 9.79. The second-order valence-corrected chi connectivity index (χ2v) is 5.11. The molecule has 1 aromatic rings. The van der Waals surface area contributed by atoms with E-state index in [-0.39, 0.29) is 28.0 Å². The quantitative estimate of drug-likeness (QED) is 0.518. The van der Waals surface area contributed by atoms with Gasteiger partial charge in [-0.15, -0.1) is 5.10 Å². The lowest BCUT2D eigenvalue weighted by molar-refractivity contribution is -0.140. The summed E-state index contributed by atoms with van der Waals surface area (Å²) in [4.78, 5) is 10.9. The normalized spacial score (nSPS) is 17.8. The van der Waals surface area contributed by atoms with Crippen LogP contribution in [0.3, 0.4) is 0 Å². The predicted octanol–water partition coefficient (Wildman–Crippen LogP) is 2.71. The number of hydrogen-bond acceptors (Lipinski definition) is 4. The Morgan fingerprint density at radius 3 is 2.67 bits per heavy atom. The molecule has 4 nitrogen and oxygen atoms in total. The van der Waals surface area contributed by atoms with Crippen LogP contribution in [-0.2, 0) is 11.0 Å². The summed E-state index contributed by atoms with van der Waals surface area (Å²) >= 11 is 1.10. The molecule has 1 aliphatic rings. The first-order valence-electron chi connectivity index (χ1n) is 5.69. The summed E-state index contributed by atoms with van der Waals surface area (Å²) < 4.78 is 52.1.